The van der Waals surface area contributed by atoms with Gasteiger partial charge in [-0.1, -0.05) is 28.1 Å². The van der Waals surface area contributed by atoms with E-state index in [1.165, 1.54) is 0 Å². The van der Waals surface area contributed by atoms with E-state index in [1.807, 2.05) is 43.6 Å². The molecule has 1 aromatic heterocycles. The Balaban J connectivity index is 1.78. The number of rotatable bonds is 4. The van der Waals surface area contributed by atoms with Crippen molar-refractivity contribution in [1.82, 2.24) is 9.47 Å². The molecule has 1 aliphatic carbocycles. The summed E-state index contributed by atoms with van der Waals surface area (Å²) in [6.45, 7) is 0.603. The number of benzene rings is 1. The zero-order valence-electron chi connectivity index (χ0n) is 11.7. The SMILES string of the molecule is CN(Cc1cccc(Br)c1)C(=O)c1cc(Br)cn1C1CC1. The second-order valence-electron chi connectivity index (χ2n) is 5.47. The highest BCUT2D eigenvalue weighted by molar-refractivity contribution is 9.10. The molecule has 0 unspecified atom stereocenters. The summed E-state index contributed by atoms with van der Waals surface area (Å²) >= 11 is 6.94. The van der Waals surface area contributed by atoms with Gasteiger partial charge in [-0.25, -0.2) is 0 Å². The van der Waals surface area contributed by atoms with Crippen molar-refractivity contribution >= 4 is 37.8 Å². The van der Waals surface area contributed by atoms with Gasteiger partial charge < -0.3 is 9.47 Å². The van der Waals surface area contributed by atoms with Crippen LogP contribution in [0.2, 0.25) is 0 Å². The molecule has 1 amide bonds. The minimum atomic E-state index is 0.0626. The standard InChI is InChI=1S/C16H16Br2N2O/c1-19(9-11-3-2-4-12(17)7-11)16(21)15-8-13(18)10-20(15)14-5-6-14/h2-4,7-8,10,14H,5-6,9H2,1H3. The van der Waals surface area contributed by atoms with Crippen LogP contribution in [-0.4, -0.2) is 22.4 Å². The molecule has 1 aromatic carbocycles. The van der Waals surface area contributed by atoms with Gasteiger partial charge in [-0.2, -0.15) is 0 Å². The fraction of sp³-hybridized carbons (Fsp3) is 0.312. The maximum absolute atomic E-state index is 12.7. The zero-order valence-corrected chi connectivity index (χ0v) is 14.9. The first-order valence-corrected chi connectivity index (χ1v) is 8.50. The van der Waals surface area contributed by atoms with Crippen molar-refractivity contribution in [2.45, 2.75) is 25.4 Å². The second kappa shape index (κ2) is 5.97. The summed E-state index contributed by atoms with van der Waals surface area (Å²) in [6.07, 6.45) is 4.34. The molecule has 3 nitrogen and oxygen atoms in total. The molecule has 3 rings (SSSR count). The molecule has 21 heavy (non-hydrogen) atoms. The lowest BCUT2D eigenvalue weighted by Crippen LogP contribution is -2.28. The number of carbonyl (C=O) groups is 1. The van der Waals surface area contributed by atoms with Crippen LogP contribution in [0.3, 0.4) is 0 Å². The third-order valence-electron chi connectivity index (χ3n) is 3.63. The number of aromatic nitrogens is 1. The molecular formula is C16H16Br2N2O. The summed E-state index contributed by atoms with van der Waals surface area (Å²) < 4.78 is 4.10. The summed E-state index contributed by atoms with van der Waals surface area (Å²) in [4.78, 5) is 14.4. The predicted molar refractivity (Wildman–Crippen MR) is 90.3 cm³/mol. The van der Waals surface area contributed by atoms with E-state index in [1.54, 1.807) is 4.90 Å². The van der Waals surface area contributed by atoms with E-state index in [-0.39, 0.29) is 5.91 Å². The van der Waals surface area contributed by atoms with Gasteiger partial charge >= 0.3 is 0 Å². The number of carbonyl (C=O) groups excluding carboxylic acids is 1. The molecular weight excluding hydrogens is 396 g/mol. The van der Waals surface area contributed by atoms with Gasteiger partial charge in [-0.05, 0) is 52.5 Å². The van der Waals surface area contributed by atoms with Gasteiger partial charge in [0, 0.05) is 34.8 Å². The lowest BCUT2D eigenvalue weighted by molar-refractivity contribution is 0.0774. The van der Waals surface area contributed by atoms with Gasteiger partial charge in [-0.3, -0.25) is 4.79 Å². The van der Waals surface area contributed by atoms with Crippen molar-refractivity contribution in [3.63, 3.8) is 0 Å². The van der Waals surface area contributed by atoms with Crippen LogP contribution in [0.4, 0.5) is 0 Å². The Morgan fingerprint density at radius 2 is 2.05 bits per heavy atom. The molecule has 0 spiro atoms. The van der Waals surface area contributed by atoms with Crippen LogP contribution in [-0.2, 0) is 6.54 Å². The minimum absolute atomic E-state index is 0.0626. The Morgan fingerprint density at radius 1 is 1.29 bits per heavy atom. The number of halogens is 2. The molecule has 0 N–H and O–H groups in total. The highest BCUT2D eigenvalue weighted by atomic mass is 79.9. The van der Waals surface area contributed by atoms with Gasteiger partial charge in [0.2, 0.25) is 0 Å². The van der Waals surface area contributed by atoms with Crippen molar-refractivity contribution in [2.75, 3.05) is 7.05 Å². The number of nitrogens with zero attached hydrogens (tertiary/aromatic N) is 2. The normalized spacial score (nSPS) is 14.2. The van der Waals surface area contributed by atoms with Crippen LogP contribution in [0.1, 0.15) is 34.9 Å². The molecule has 0 atom stereocenters. The molecule has 2 aromatic rings. The van der Waals surface area contributed by atoms with Gasteiger partial charge in [0.15, 0.2) is 0 Å². The van der Waals surface area contributed by atoms with Crippen molar-refractivity contribution in [2.24, 2.45) is 0 Å². The van der Waals surface area contributed by atoms with Crippen molar-refractivity contribution in [3.05, 3.63) is 56.7 Å². The van der Waals surface area contributed by atoms with Gasteiger partial charge in [-0.15, -0.1) is 0 Å². The summed E-state index contributed by atoms with van der Waals surface area (Å²) in [5, 5.41) is 0. The van der Waals surface area contributed by atoms with Gasteiger partial charge in [0.25, 0.3) is 5.91 Å². The smallest absolute Gasteiger partial charge is 0.270 e. The molecule has 1 fully saturated rings. The molecule has 0 bridgehead atoms. The molecule has 0 radical (unpaired) electrons. The molecule has 1 heterocycles. The Kier molecular flexibility index (Phi) is 4.22. The fourth-order valence-corrected chi connectivity index (χ4v) is 3.33. The molecule has 1 aliphatic rings. The van der Waals surface area contributed by atoms with Crippen molar-refractivity contribution in [1.29, 1.82) is 0 Å². The van der Waals surface area contributed by atoms with E-state index in [0.717, 1.165) is 33.0 Å². The highest BCUT2D eigenvalue weighted by Gasteiger charge is 2.28. The predicted octanol–water partition coefficient (Wildman–Crippen LogP) is 4.62. The van der Waals surface area contributed by atoms with E-state index < -0.39 is 0 Å². The summed E-state index contributed by atoms with van der Waals surface area (Å²) in [5.74, 6) is 0.0626. The van der Waals surface area contributed by atoms with Crippen molar-refractivity contribution < 1.29 is 4.79 Å². The summed E-state index contributed by atoms with van der Waals surface area (Å²) in [5.41, 5.74) is 1.88. The third kappa shape index (κ3) is 3.40. The first-order chi connectivity index (χ1) is 10.0. The lowest BCUT2D eigenvalue weighted by atomic mass is 10.2. The van der Waals surface area contributed by atoms with E-state index in [0.29, 0.717) is 12.6 Å². The minimum Gasteiger partial charge on any atom is -0.339 e. The second-order valence-corrected chi connectivity index (χ2v) is 7.30. The maximum Gasteiger partial charge on any atom is 0.270 e. The lowest BCUT2D eigenvalue weighted by Gasteiger charge is -2.18. The fourth-order valence-electron chi connectivity index (χ4n) is 2.45. The highest BCUT2D eigenvalue weighted by Crippen LogP contribution is 2.37. The van der Waals surface area contributed by atoms with E-state index in [4.69, 9.17) is 0 Å². The molecule has 0 saturated heterocycles. The molecule has 1 saturated carbocycles. The first-order valence-electron chi connectivity index (χ1n) is 6.92. The quantitative estimate of drug-likeness (QED) is 0.720. The molecule has 0 aliphatic heterocycles. The summed E-state index contributed by atoms with van der Waals surface area (Å²) in [6, 6.07) is 10.5. The van der Waals surface area contributed by atoms with Crippen LogP contribution in [0.5, 0.6) is 0 Å². The Bertz CT molecular complexity index is 677. The largest absolute Gasteiger partial charge is 0.339 e. The first kappa shape index (κ1) is 14.9. The average molecular weight is 412 g/mol. The third-order valence-corrected chi connectivity index (χ3v) is 4.56. The molecule has 110 valence electrons. The van der Waals surface area contributed by atoms with Crippen LogP contribution < -0.4 is 0 Å². The van der Waals surface area contributed by atoms with Crippen LogP contribution >= 0.6 is 31.9 Å². The van der Waals surface area contributed by atoms with Crippen molar-refractivity contribution in [3.8, 4) is 0 Å². The zero-order chi connectivity index (χ0) is 15.0. The van der Waals surface area contributed by atoms with E-state index >= 15 is 0 Å². The van der Waals surface area contributed by atoms with Crippen LogP contribution in [0.25, 0.3) is 0 Å². The van der Waals surface area contributed by atoms with Gasteiger partial charge in [0.05, 0.1) is 0 Å². The summed E-state index contributed by atoms with van der Waals surface area (Å²) in [7, 11) is 1.85. The number of hydrogen-bond acceptors (Lipinski definition) is 1. The van der Waals surface area contributed by atoms with Crippen LogP contribution in [0.15, 0.2) is 45.5 Å². The monoisotopic (exact) mass is 410 g/mol. The Hall–Kier alpha value is -1.07. The Morgan fingerprint density at radius 3 is 2.71 bits per heavy atom. The Labute approximate surface area is 141 Å². The average Bonchev–Trinajstić information content (AvgIpc) is 3.21. The number of hydrogen-bond donors (Lipinski definition) is 0. The topological polar surface area (TPSA) is 25.2 Å². The number of amides is 1. The van der Waals surface area contributed by atoms with Gasteiger partial charge in [0.1, 0.15) is 5.69 Å². The maximum atomic E-state index is 12.7. The van der Waals surface area contributed by atoms with E-state index in [9.17, 15) is 4.79 Å². The van der Waals surface area contributed by atoms with E-state index in [2.05, 4.69) is 36.4 Å². The molecule has 5 heteroatoms. The van der Waals surface area contributed by atoms with Crippen LogP contribution in [0, 0.1) is 0 Å².